The number of likely N-dealkylation sites (tertiary alicyclic amines) is 1. The predicted octanol–water partition coefficient (Wildman–Crippen LogP) is 1.30. The van der Waals surface area contributed by atoms with Gasteiger partial charge in [-0.3, -0.25) is 14.7 Å². The van der Waals surface area contributed by atoms with Gasteiger partial charge in [0.05, 0.1) is 12.4 Å². The van der Waals surface area contributed by atoms with Gasteiger partial charge in [-0.1, -0.05) is 0 Å². The minimum Gasteiger partial charge on any atom is -0.367 e. The van der Waals surface area contributed by atoms with Crippen LogP contribution < -0.4 is 10.6 Å². The molecule has 3 heterocycles. The molecule has 0 amide bonds. The molecule has 0 bridgehead atoms. The van der Waals surface area contributed by atoms with Crippen LogP contribution in [0.4, 0.5) is 5.82 Å². The highest BCUT2D eigenvalue weighted by molar-refractivity contribution is 14.0. The molecule has 1 saturated heterocycles. The Labute approximate surface area is 165 Å². The molecule has 1 aliphatic rings. The molecule has 2 N–H and O–H groups in total. The fraction of sp³-hybridized carbons (Fsp3) is 0.500. The first kappa shape index (κ1) is 19.4. The van der Waals surface area contributed by atoms with E-state index in [1.165, 1.54) is 5.56 Å². The summed E-state index contributed by atoms with van der Waals surface area (Å²) in [5, 5.41) is 10.9. The van der Waals surface area contributed by atoms with E-state index in [2.05, 4.69) is 41.8 Å². The molecule has 0 aromatic carbocycles. The zero-order chi connectivity index (χ0) is 16.8. The fourth-order valence-electron chi connectivity index (χ4n) is 2.96. The number of nitrogens with one attached hydrogen (secondary N) is 2. The van der Waals surface area contributed by atoms with Crippen LogP contribution in [0.2, 0.25) is 0 Å². The molecule has 0 spiro atoms. The largest absolute Gasteiger partial charge is 0.367 e. The molecule has 136 valence electrons. The molecule has 25 heavy (non-hydrogen) atoms. The van der Waals surface area contributed by atoms with Crippen LogP contribution in [-0.4, -0.2) is 63.8 Å². The van der Waals surface area contributed by atoms with Crippen LogP contribution in [-0.2, 0) is 7.05 Å². The molecule has 3 rings (SSSR count). The lowest BCUT2D eigenvalue weighted by Crippen LogP contribution is -2.41. The predicted molar refractivity (Wildman–Crippen MR) is 109 cm³/mol. The van der Waals surface area contributed by atoms with Gasteiger partial charge in [-0.15, -0.1) is 24.0 Å². The average molecular weight is 456 g/mol. The molecule has 1 atom stereocenters. The Balaban J connectivity index is 0.00000225. The normalized spacial score (nSPS) is 17.3. The molecular formula is C16H25IN8. The van der Waals surface area contributed by atoms with Crippen molar-refractivity contribution in [2.45, 2.75) is 12.3 Å². The van der Waals surface area contributed by atoms with Crippen molar-refractivity contribution >= 4 is 35.8 Å². The topological polar surface area (TPSA) is 83.3 Å². The van der Waals surface area contributed by atoms with Gasteiger partial charge in [0.25, 0.3) is 0 Å². The summed E-state index contributed by atoms with van der Waals surface area (Å²) in [5.41, 5.74) is 1.31. The molecular weight excluding hydrogens is 431 g/mol. The molecule has 2 aromatic rings. The number of halogens is 1. The van der Waals surface area contributed by atoms with E-state index in [4.69, 9.17) is 0 Å². The lowest BCUT2D eigenvalue weighted by molar-refractivity contribution is 0.487. The number of guanidine groups is 1. The van der Waals surface area contributed by atoms with E-state index in [1.807, 2.05) is 25.0 Å². The Morgan fingerprint density at radius 1 is 1.32 bits per heavy atom. The summed E-state index contributed by atoms with van der Waals surface area (Å²) in [6.45, 7) is 3.52. The third-order valence-electron chi connectivity index (χ3n) is 4.17. The van der Waals surface area contributed by atoms with Crippen molar-refractivity contribution in [3.05, 3.63) is 36.5 Å². The van der Waals surface area contributed by atoms with E-state index in [-0.39, 0.29) is 24.0 Å². The average Bonchev–Trinajstić information content (AvgIpc) is 3.25. The van der Waals surface area contributed by atoms with Crippen LogP contribution in [0.3, 0.4) is 0 Å². The van der Waals surface area contributed by atoms with Gasteiger partial charge in [-0.25, -0.2) is 4.98 Å². The van der Waals surface area contributed by atoms with Crippen molar-refractivity contribution in [3.63, 3.8) is 0 Å². The van der Waals surface area contributed by atoms with Gasteiger partial charge in [-0.05, 0) is 12.0 Å². The Bertz CT molecular complexity index is 672. The molecule has 0 aliphatic carbocycles. The van der Waals surface area contributed by atoms with Gasteiger partial charge in [0.2, 0.25) is 0 Å². The number of aromatic nitrogens is 4. The smallest absolute Gasteiger partial charge is 0.193 e. The maximum Gasteiger partial charge on any atom is 0.193 e. The highest BCUT2D eigenvalue weighted by Crippen LogP contribution is 2.26. The highest BCUT2D eigenvalue weighted by Gasteiger charge is 2.26. The minimum atomic E-state index is 0. The van der Waals surface area contributed by atoms with Crippen LogP contribution in [0.1, 0.15) is 17.9 Å². The zero-order valence-electron chi connectivity index (χ0n) is 14.6. The lowest BCUT2D eigenvalue weighted by Gasteiger charge is -2.21. The highest BCUT2D eigenvalue weighted by atomic mass is 127. The molecule has 0 radical (unpaired) electrons. The fourth-order valence-corrected chi connectivity index (χ4v) is 2.96. The summed E-state index contributed by atoms with van der Waals surface area (Å²) in [7, 11) is 3.79. The summed E-state index contributed by atoms with van der Waals surface area (Å²) >= 11 is 0. The van der Waals surface area contributed by atoms with Crippen LogP contribution >= 0.6 is 24.0 Å². The molecule has 0 saturated carbocycles. The maximum absolute atomic E-state index is 4.40. The summed E-state index contributed by atoms with van der Waals surface area (Å²) in [4.78, 5) is 14.9. The van der Waals surface area contributed by atoms with Gasteiger partial charge in [0.1, 0.15) is 5.82 Å². The quantitative estimate of drug-likeness (QED) is 0.306. The minimum absolute atomic E-state index is 0. The number of aliphatic imine (C=N–C) groups is 1. The summed E-state index contributed by atoms with van der Waals surface area (Å²) in [5.74, 6) is 2.25. The van der Waals surface area contributed by atoms with Crippen molar-refractivity contribution in [1.29, 1.82) is 0 Å². The second kappa shape index (κ2) is 9.54. The van der Waals surface area contributed by atoms with E-state index in [0.717, 1.165) is 44.4 Å². The number of nitrogens with zero attached hydrogens (tertiary/aromatic N) is 6. The number of rotatable bonds is 5. The summed E-state index contributed by atoms with van der Waals surface area (Å²) < 4.78 is 1.86. The lowest BCUT2D eigenvalue weighted by atomic mass is 10.0. The van der Waals surface area contributed by atoms with Crippen molar-refractivity contribution in [1.82, 2.24) is 30.0 Å². The van der Waals surface area contributed by atoms with E-state index in [9.17, 15) is 0 Å². The van der Waals surface area contributed by atoms with Gasteiger partial charge >= 0.3 is 0 Å². The van der Waals surface area contributed by atoms with Gasteiger partial charge < -0.3 is 15.5 Å². The first-order chi connectivity index (χ1) is 11.8. The second-order valence-electron chi connectivity index (χ2n) is 5.87. The van der Waals surface area contributed by atoms with Crippen LogP contribution in [0.15, 0.2) is 36.0 Å². The van der Waals surface area contributed by atoms with E-state index >= 15 is 0 Å². The molecule has 1 unspecified atom stereocenters. The first-order valence-corrected chi connectivity index (χ1v) is 8.20. The first-order valence-electron chi connectivity index (χ1n) is 8.20. The van der Waals surface area contributed by atoms with Gasteiger partial charge in [0, 0.05) is 64.8 Å². The van der Waals surface area contributed by atoms with Crippen molar-refractivity contribution in [3.8, 4) is 0 Å². The molecule has 9 heteroatoms. The number of anilines is 1. The monoisotopic (exact) mass is 456 g/mol. The summed E-state index contributed by atoms with van der Waals surface area (Å²) in [6, 6.07) is 0. The standard InChI is InChI=1S/C16H24N8.HI/c1-17-16(21-7-6-20-15-10-18-4-5-19-15)24-8-3-13(12-24)14-9-22-23(2)11-14;/h4-5,9-11,13H,3,6-8,12H2,1-2H3,(H,17,21)(H,19,20);1H. The zero-order valence-corrected chi connectivity index (χ0v) is 16.9. The Morgan fingerprint density at radius 3 is 2.88 bits per heavy atom. The molecule has 1 fully saturated rings. The Kier molecular flexibility index (Phi) is 7.41. The van der Waals surface area contributed by atoms with Crippen molar-refractivity contribution in [2.24, 2.45) is 12.0 Å². The number of hydrogen-bond donors (Lipinski definition) is 2. The van der Waals surface area contributed by atoms with Crippen molar-refractivity contribution < 1.29 is 0 Å². The van der Waals surface area contributed by atoms with Crippen molar-refractivity contribution in [2.75, 3.05) is 38.5 Å². The third-order valence-corrected chi connectivity index (χ3v) is 4.17. The Hall–Kier alpha value is -1.91. The third kappa shape index (κ3) is 5.28. The van der Waals surface area contributed by atoms with Crippen LogP contribution in [0.5, 0.6) is 0 Å². The Morgan fingerprint density at radius 2 is 2.20 bits per heavy atom. The van der Waals surface area contributed by atoms with Crippen LogP contribution in [0, 0.1) is 0 Å². The molecule has 2 aromatic heterocycles. The number of hydrogen-bond acceptors (Lipinski definition) is 5. The SMILES string of the molecule is CN=C(NCCNc1cnccn1)N1CCC(c2cnn(C)c2)C1.I. The summed E-state index contributed by atoms with van der Waals surface area (Å²) in [6.07, 6.45) is 10.3. The number of aryl methyl sites for hydroxylation is 1. The van der Waals surface area contributed by atoms with Gasteiger partial charge in [0.15, 0.2) is 5.96 Å². The van der Waals surface area contributed by atoms with Gasteiger partial charge in [-0.2, -0.15) is 5.10 Å². The van der Waals surface area contributed by atoms with E-state index < -0.39 is 0 Å². The van der Waals surface area contributed by atoms with Crippen LogP contribution in [0.25, 0.3) is 0 Å². The molecule has 8 nitrogen and oxygen atoms in total. The van der Waals surface area contributed by atoms with E-state index in [1.54, 1.807) is 18.6 Å². The maximum atomic E-state index is 4.40. The molecule has 1 aliphatic heterocycles. The van der Waals surface area contributed by atoms with E-state index in [0.29, 0.717) is 5.92 Å². The second-order valence-corrected chi connectivity index (χ2v) is 5.87.